The summed E-state index contributed by atoms with van der Waals surface area (Å²) in [6.45, 7) is 3.72. The van der Waals surface area contributed by atoms with Crippen LogP contribution in [0.15, 0.2) is 12.3 Å². The molecule has 0 unspecified atom stereocenters. The summed E-state index contributed by atoms with van der Waals surface area (Å²) in [4.78, 5) is 4.49. The Morgan fingerprint density at radius 2 is 2.13 bits per heavy atom. The fraction of sp³-hybridized carbons (Fsp3) is 0.583. The van der Waals surface area contributed by atoms with E-state index in [0.717, 1.165) is 25.4 Å². The third kappa shape index (κ3) is 1.77. The highest BCUT2D eigenvalue weighted by atomic mass is 16.5. The topological polar surface area (TPSA) is 34.2 Å². The van der Waals surface area contributed by atoms with E-state index in [2.05, 4.69) is 16.4 Å². The Labute approximate surface area is 89.9 Å². The quantitative estimate of drug-likeness (QED) is 0.754. The summed E-state index contributed by atoms with van der Waals surface area (Å²) >= 11 is 0. The molecular formula is C12H16N2O. The minimum absolute atomic E-state index is 0.696. The van der Waals surface area contributed by atoms with Gasteiger partial charge in [0.05, 0.1) is 18.9 Å². The fourth-order valence-corrected chi connectivity index (χ4v) is 2.45. The van der Waals surface area contributed by atoms with Gasteiger partial charge < -0.3 is 10.1 Å². The Bertz CT molecular complexity index is 359. The second kappa shape index (κ2) is 3.91. The van der Waals surface area contributed by atoms with Crippen molar-refractivity contribution in [1.29, 1.82) is 0 Å². The number of hydrogen-bond acceptors (Lipinski definition) is 3. The van der Waals surface area contributed by atoms with Crippen molar-refractivity contribution in [3.05, 3.63) is 29.1 Å². The molecule has 3 nitrogen and oxygen atoms in total. The van der Waals surface area contributed by atoms with E-state index >= 15 is 0 Å². The minimum atomic E-state index is 0.696. The van der Waals surface area contributed by atoms with E-state index < -0.39 is 0 Å². The van der Waals surface area contributed by atoms with Crippen molar-refractivity contribution in [3.63, 3.8) is 0 Å². The first-order valence-corrected chi connectivity index (χ1v) is 5.69. The van der Waals surface area contributed by atoms with Crippen LogP contribution in [0.25, 0.3) is 0 Å². The number of rotatable bonds is 1. The second-order valence-corrected chi connectivity index (χ2v) is 4.39. The molecule has 15 heavy (non-hydrogen) atoms. The first kappa shape index (κ1) is 9.31. The van der Waals surface area contributed by atoms with E-state index in [1.807, 2.05) is 6.20 Å². The lowest BCUT2D eigenvalue weighted by Crippen LogP contribution is -2.26. The van der Waals surface area contributed by atoms with Gasteiger partial charge in [-0.1, -0.05) is 0 Å². The normalized spacial score (nSPS) is 21.6. The molecule has 80 valence electrons. The maximum atomic E-state index is 5.38. The third-order valence-corrected chi connectivity index (χ3v) is 3.39. The van der Waals surface area contributed by atoms with Crippen LogP contribution in [0.3, 0.4) is 0 Å². The predicted molar refractivity (Wildman–Crippen MR) is 57.6 cm³/mol. The van der Waals surface area contributed by atoms with Gasteiger partial charge in [-0.25, -0.2) is 0 Å². The van der Waals surface area contributed by atoms with Crippen LogP contribution >= 0.6 is 0 Å². The Morgan fingerprint density at radius 1 is 1.27 bits per heavy atom. The molecule has 0 spiro atoms. The molecule has 1 aromatic heterocycles. The third-order valence-electron chi connectivity index (χ3n) is 3.39. The number of ether oxygens (including phenoxy) is 1. The van der Waals surface area contributed by atoms with E-state index in [1.165, 1.54) is 24.0 Å². The van der Waals surface area contributed by atoms with Crippen LogP contribution in [-0.4, -0.2) is 18.1 Å². The van der Waals surface area contributed by atoms with E-state index in [9.17, 15) is 0 Å². The van der Waals surface area contributed by atoms with Gasteiger partial charge in [0, 0.05) is 11.8 Å². The van der Waals surface area contributed by atoms with Crippen molar-refractivity contribution in [2.45, 2.75) is 32.0 Å². The minimum Gasteiger partial charge on any atom is -0.370 e. The molecule has 2 aliphatic rings. The van der Waals surface area contributed by atoms with Crippen molar-refractivity contribution in [3.8, 4) is 0 Å². The van der Waals surface area contributed by atoms with Crippen LogP contribution in [0.1, 0.15) is 35.6 Å². The lowest BCUT2D eigenvalue weighted by Gasteiger charge is -2.22. The van der Waals surface area contributed by atoms with Crippen molar-refractivity contribution in [2.75, 3.05) is 13.1 Å². The molecule has 0 aromatic carbocycles. The monoisotopic (exact) mass is 204 g/mol. The molecule has 0 saturated carbocycles. The van der Waals surface area contributed by atoms with Crippen LogP contribution < -0.4 is 5.32 Å². The summed E-state index contributed by atoms with van der Waals surface area (Å²) in [6.07, 6.45) is 4.52. The van der Waals surface area contributed by atoms with Gasteiger partial charge in [-0.15, -0.1) is 0 Å². The van der Waals surface area contributed by atoms with Gasteiger partial charge in [-0.2, -0.15) is 0 Å². The Hall–Kier alpha value is -0.930. The van der Waals surface area contributed by atoms with Gasteiger partial charge in [0.1, 0.15) is 0 Å². The zero-order chi connectivity index (χ0) is 10.1. The number of aromatic nitrogens is 1. The highest BCUT2D eigenvalue weighted by Crippen LogP contribution is 2.27. The molecule has 3 rings (SSSR count). The summed E-state index contributed by atoms with van der Waals surface area (Å²) in [5, 5.41) is 3.39. The average Bonchev–Trinajstić information content (AvgIpc) is 2.77. The van der Waals surface area contributed by atoms with E-state index in [-0.39, 0.29) is 0 Å². The van der Waals surface area contributed by atoms with Crippen LogP contribution in [0.4, 0.5) is 0 Å². The fourth-order valence-electron chi connectivity index (χ4n) is 2.45. The van der Waals surface area contributed by atoms with Gasteiger partial charge in [0.15, 0.2) is 0 Å². The first-order chi connectivity index (χ1) is 7.43. The lowest BCUT2D eigenvalue weighted by atomic mass is 9.90. The standard InChI is InChI=1S/C12H16N2O/c1-3-13-4-2-9(1)10-5-11-7-15-8-12(11)14-6-10/h5-6,9,13H,1-4,7-8H2. The van der Waals surface area contributed by atoms with E-state index in [1.54, 1.807) is 0 Å². The molecule has 0 amide bonds. The van der Waals surface area contributed by atoms with Crippen LogP contribution in [0, 0.1) is 0 Å². The maximum absolute atomic E-state index is 5.38. The molecule has 1 N–H and O–H groups in total. The summed E-state index contributed by atoms with van der Waals surface area (Å²) in [7, 11) is 0. The van der Waals surface area contributed by atoms with Gasteiger partial charge in [0.25, 0.3) is 0 Å². The second-order valence-electron chi connectivity index (χ2n) is 4.39. The molecular weight excluding hydrogens is 188 g/mol. The number of fused-ring (bicyclic) bond motifs is 1. The molecule has 0 bridgehead atoms. The van der Waals surface area contributed by atoms with E-state index in [4.69, 9.17) is 4.74 Å². The number of pyridine rings is 1. The number of piperidine rings is 1. The van der Waals surface area contributed by atoms with E-state index in [0.29, 0.717) is 12.5 Å². The van der Waals surface area contributed by atoms with Gasteiger partial charge in [-0.05, 0) is 43.5 Å². The zero-order valence-electron chi connectivity index (χ0n) is 8.83. The van der Waals surface area contributed by atoms with Crippen molar-refractivity contribution < 1.29 is 4.74 Å². The summed E-state index contributed by atoms with van der Waals surface area (Å²) in [6, 6.07) is 2.30. The van der Waals surface area contributed by atoms with Gasteiger partial charge in [-0.3, -0.25) is 4.98 Å². The Kier molecular flexibility index (Phi) is 2.43. The molecule has 1 saturated heterocycles. The maximum Gasteiger partial charge on any atom is 0.0896 e. The molecule has 0 aliphatic carbocycles. The summed E-state index contributed by atoms with van der Waals surface area (Å²) in [5.74, 6) is 0.699. The molecule has 3 heteroatoms. The predicted octanol–water partition coefficient (Wildman–Crippen LogP) is 1.58. The zero-order valence-corrected chi connectivity index (χ0v) is 8.83. The molecule has 1 fully saturated rings. The molecule has 0 atom stereocenters. The van der Waals surface area contributed by atoms with Crippen LogP contribution in [0.2, 0.25) is 0 Å². The molecule has 1 aromatic rings. The highest BCUT2D eigenvalue weighted by molar-refractivity contribution is 5.28. The SMILES string of the molecule is c1nc2c(cc1C1CCNCC1)COC2. The largest absolute Gasteiger partial charge is 0.370 e. The summed E-state index contributed by atoms with van der Waals surface area (Å²) < 4.78 is 5.38. The number of nitrogens with one attached hydrogen (secondary N) is 1. The van der Waals surface area contributed by atoms with Gasteiger partial charge in [0.2, 0.25) is 0 Å². The molecule has 0 radical (unpaired) electrons. The molecule has 2 aliphatic heterocycles. The number of nitrogens with zero attached hydrogens (tertiary/aromatic N) is 1. The summed E-state index contributed by atoms with van der Waals surface area (Å²) in [5.41, 5.74) is 3.83. The van der Waals surface area contributed by atoms with Crippen LogP contribution in [-0.2, 0) is 18.0 Å². The van der Waals surface area contributed by atoms with Crippen LogP contribution in [0.5, 0.6) is 0 Å². The van der Waals surface area contributed by atoms with Gasteiger partial charge >= 0.3 is 0 Å². The number of hydrogen-bond donors (Lipinski definition) is 1. The lowest BCUT2D eigenvalue weighted by molar-refractivity contribution is 0.133. The first-order valence-electron chi connectivity index (χ1n) is 5.69. The van der Waals surface area contributed by atoms with Crippen molar-refractivity contribution in [2.24, 2.45) is 0 Å². The van der Waals surface area contributed by atoms with Crippen molar-refractivity contribution >= 4 is 0 Å². The Morgan fingerprint density at radius 3 is 3.00 bits per heavy atom. The Balaban J connectivity index is 1.85. The highest BCUT2D eigenvalue weighted by Gasteiger charge is 2.19. The molecule has 3 heterocycles. The average molecular weight is 204 g/mol. The smallest absolute Gasteiger partial charge is 0.0896 e. The van der Waals surface area contributed by atoms with Crippen molar-refractivity contribution in [1.82, 2.24) is 10.3 Å².